The van der Waals surface area contributed by atoms with Crippen molar-refractivity contribution in [2.75, 3.05) is 18.5 Å². The second-order valence-electron chi connectivity index (χ2n) is 4.48. The molecule has 1 rings (SSSR count). The number of pyridine rings is 1. The summed E-state index contributed by atoms with van der Waals surface area (Å²) in [5.41, 5.74) is -0.625. The number of anilines is 1. The highest BCUT2D eigenvalue weighted by Crippen LogP contribution is 2.19. The van der Waals surface area contributed by atoms with Crippen LogP contribution in [0.3, 0.4) is 0 Å². The van der Waals surface area contributed by atoms with Gasteiger partial charge in [-0.15, -0.1) is 0 Å². The third kappa shape index (κ3) is 3.91. The fraction of sp³-hybridized carbons (Fsp3) is 0.417. The molecule has 0 unspecified atom stereocenters. The fourth-order valence-corrected chi connectivity index (χ4v) is 1.55. The number of aromatic nitrogens is 1. The first kappa shape index (κ1) is 15.4. The van der Waals surface area contributed by atoms with Crippen LogP contribution < -0.4 is 10.2 Å². The molecule has 0 aromatic carbocycles. The molecule has 0 aliphatic carbocycles. The van der Waals surface area contributed by atoms with E-state index >= 15 is 0 Å². The van der Waals surface area contributed by atoms with Gasteiger partial charge in [-0.05, 0) is 19.9 Å². The molecule has 0 bridgehead atoms. The standard InChI is InChI=1S/C12H15N5O3/c1-8(2)14-12(18)7-16(3)11-5-4-10(17(19)20)9(6-13)15-11/h4-5,8H,7H2,1-3H3,(H,14,18). The summed E-state index contributed by atoms with van der Waals surface area (Å²) in [6.07, 6.45) is 0. The Morgan fingerprint density at radius 1 is 1.60 bits per heavy atom. The Hall–Kier alpha value is -2.69. The Bertz CT molecular complexity index is 565. The maximum absolute atomic E-state index is 11.6. The van der Waals surface area contributed by atoms with Crippen molar-refractivity contribution in [1.82, 2.24) is 10.3 Å². The number of nitrogens with one attached hydrogen (secondary N) is 1. The molecule has 0 aliphatic rings. The number of nitro groups is 1. The number of hydrogen-bond acceptors (Lipinski definition) is 6. The van der Waals surface area contributed by atoms with Gasteiger partial charge in [0.1, 0.15) is 11.9 Å². The Balaban J connectivity index is 2.90. The summed E-state index contributed by atoms with van der Waals surface area (Å²) >= 11 is 0. The fourth-order valence-electron chi connectivity index (χ4n) is 1.55. The minimum absolute atomic E-state index is 0.0235. The summed E-state index contributed by atoms with van der Waals surface area (Å²) in [5, 5.41) is 22.3. The van der Waals surface area contributed by atoms with Crippen LogP contribution in [-0.4, -0.2) is 35.4 Å². The summed E-state index contributed by atoms with van der Waals surface area (Å²) in [5.74, 6) is 0.132. The average molecular weight is 277 g/mol. The Labute approximate surface area is 116 Å². The Kier molecular flexibility index (Phi) is 4.97. The molecule has 1 aromatic rings. The van der Waals surface area contributed by atoms with Gasteiger partial charge in [0.25, 0.3) is 0 Å². The van der Waals surface area contributed by atoms with E-state index in [-0.39, 0.29) is 29.9 Å². The van der Waals surface area contributed by atoms with E-state index in [9.17, 15) is 14.9 Å². The van der Waals surface area contributed by atoms with Gasteiger partial charge in [0.2, 0.25) is 11.6 Å². The smallest absolute Gasteiger partial charge is 0.305 e. The quantitative estimate of drug-likeness (QED) is 0.630. The van der Waals surface area contributed by atoms with Crippen LogP contribution >= 0.6 is 0 Å². The van der Waals surface area contributed by atoms with Gasteiger partial charge in [-0.2, -0.15) is 5.26 Å². The molecule has 106 valence electrons. The number of carbonyl (C=O) groups is 1. The summed E-state index contributed by atoms with van der Waals surface area (Å²) in [6, 6.07) is 4.31. The zero-order valence-corrected chi connectivity index (χ0v) is 11.5. The normalized spacial score (nSPS) is 9.95. The lowest BCUT2D eigenvalue weighted by atomic mass is 10.3. The predicted molar refractivity (Wildman–Crippen MR) is 72.2 cm³/mol. The molecule has 0 atom stereocenters. The van der Waals surface area contributed by atoms with Crippen LogP contribution in [0.2, 0.25) is 0 Å². The molecule has 0 radical (unpaired) electrons. The molecule has 0 saturated carbocycles. The van der Waals surface area contributed by atoms with Gasteiger partial charge in [0.15, 0.2) is 0 Å². The van der Waals surface area contributed by atoms with Crippen molar-refractivity contribution < 1.29 is 9.72 Å². The van der Waals surface area contributed by atoms with E-state index in [4.69, 9.17) is 5.26 Å². The molecule has 8 nitrogen and oxygen atoms in total. The number of amides is 1. The second kappa shape index (κ2) is 6.47. The lowest BCUT2D eigenvalue weighted by molar-refractivity contribution is -0.385. The summed E-state index contributed by atoms with van der Waals surface area (Å²) in [7, 11) is 1.62. The summed E-state index contributed by atoms with van der Waals surface area (Å²) in [4.78, 5) is 27.0. The highest BCUT2D eigenvalue weighted by atomic mass is 16.6. The second-order valence-corrected chi connectivity index (χ2v) is 4.48. The molecular formula is C12H15N5O3. The van der Waals surface area contributed by atoms with Gasteiger partial charge in [-0.1, -0.05) is 0 Å². The predicted octanol–water partition coefficient (Wildman–Crippen LogP) is 0.822. The molecule has 0 spiro atoms. The van der Waals surface area contributed by atoms with Crippen LogP contribution in [-0.2, 0) is 4.79 Å². The van der Waals surface area contributed by atoms with E-state index in [0.29, 0.717) is 5.82 Å². The van der Waals surface area contributed by atoms with Crippen molar-refractivity contribution in [1.29, 1.82) is 5.26 Å². The molecule has 1 N–H and O–H groups in total. The van der Waals surface area contributed by atoms with E-state index in [1.165, 1.54) is 17.0 Å². The van der Waals surface area contributed by atoms with Crippen LogP contribution in [0.1, 0.15) is 19.5 Å². The monoisotopic (exact) mass is 277 g/mol. The van der Waals surface area contributed by atoms with Crippen molar-refractivity contribution in [2.24, 2.45) is 0 Å². The van der Waals surface area contributed by atoms with Crippen molar-refractivity contribution >= 4 is 17.4 Å². The molecule has 8 heteroatoms. The van der Waals surface area contributed by atoms with Crippen LogP contribution in [0.25, 0.3) is 0 Å². The summed E-state index contributed by atoms with van der Waals surface area (Å²) < 4.78 is 0. The van der Waals surface area contributed by atoms with Crippen LogP contribution in [0.15, 0.2) is 12.1 Å². The van der Waals surface area contributed by atoms with E-state index in [1.54, 1.807) is 13.1 Å². The van der Waals surface area contributed by atoms with Gasteiger partial charge < -0.3 is 10.2 Å². The van der Waals surface area contributed by atoms with Gasteiger partial charge in [0, 0.05) is 19.2 Å². The minimum atomic E-state index is -0.666. The SMILES string of the molecule is CC(C)NC(=O)CN(C)c1ccc([N+](=O)[O-])c(C#N)n1. The average Bonchev–Trinajstić information content (AvgIpc) is 2.36. The van der Waals surface area contributed by atoms with Crippen molar-refractivity contribution in [2.45, 2.75) is 19.9 Å². The van der Waals surface area contributed by atoms with Crippen molar-refractivity contribution in [3.05, 3.63) is 27.9 Å². The van der Waals surface area contributed by atoms with Crippen LogP contribution in [0.4, 0.5) is 11.5 Å². The largest absolute Gasteiger partial charge is 0.352 e. The van der Waals surface area contributed by atoms with Crippen molar-refractivity contribution in [3.8, 4) is 6.07 Å². The number of nitriles is 1. The first-order chi connectivity index (χ1) is 9.35. The molecule has 1 heterocycles. The molecule has 1 amide bonds. The van der Waals surface area contributed by atoms with Crippen molar-refractivity contribution in [3.63, 3.8) is 0 Å². The van der Waals surface area contributed by atoms with Crippen LogP contribution in [0.5, 0.6) is 0 Å². The molecular weight excluding hydrogens is 262 g/mol. The number of nitrogens with zero attached hydrogens (tertiary/aromatic N) is 4. The zero-order valence-electron chi connectivity index (χ0n) is 11.5. The third-order valence-corrected chi connectivity index (χ3v) is 2.38. The first-order valence-electron chi connectivity index (χ1n) is 5.91. The Morgan fingerprint density at radius 3 is 2.75 bits per heavy atom. The molecule has 0 saturated heterocycles. The van der Waals surface area contributed by atoms with Gasteiger partial charge in [-0.25, -0.2) is 4.98 Å². The van der Waals surface area contributed by atoms with E-state index in [2.05, 4.69) is 10.3 Å². The molecule has 20 heavy (non-hydrogen) atoms. The third-order valence-electron chi connectivity index (χ3n) is 2.38. The summed E-state index contributed by atoms with van der Waals surface area (Å²) in [6.45, 7) is 3.74. The van der Waals surface area contributed by atoms with Gasteiger partial charge >= 0.3 is 5.69 Å². The first-order valence-corrected chi connectivity index (χ1v) is 5.91. The maximum Gasteiger partial charge on any atom is 0.305 e. The topological polar surface area (TPSA) is 112 Å². The molecule has 1 aromatic heterocycles. The number of carbonyl (C=O) groups excluding carboxylic acids is 1. The zero-order chi connectivity index (χ0) is 15.3. The van der Waals surface area contributed by atoms with Gasteiger partial charge in [0.05, 0.1) is 11.5 Å². The minimum Gasteiger partial charge on any atom is -0.352 e. The number of hydrogen-bond donors (Lipinski definition) is 1. The van der Waals surface area contributed by atoms with E-state index in [0.717, 1.165) is 0 Å². The number of likely N-dealkylation sites (N-methyl/N-ethyl adjacent to an activating group) is 1. The van der Waals surface area contributed by atoms with E-state index < -0.39 is 4.92 Å². The lowest BCUT2D eigenvalue weighted by Gasteiger charge is -2.18. The number of rotatable bonds is 5. The van der Waals surface area contributed by atoms with Gasteiger partial charge in [-0.3, -0.25) is 14.9 Å². The highest BCUT2D eigenvalue weighted by Gasteiger charge is 2.17. The molecule has 0 aliphatic heterocycles. The Morgan fingerprint density at radius 2 is 2.25 bits per heavy atom. The van der Waals surface area contributed by atoms with E-state index in [1.807, 2.05) is 13.8 Å². The van der Waals surface area contributed by atoms with Crippen LogP contribution in [0, 0.1) is 21.4 Å². The maximum atomic E-state index is 11.6. The molecule has 0 fully saturated rings. The lowest BCUT2D eigenvalue weighted by Crippen LogP contribution is -2.38. The highest BCUT2D eigenvalue weighted by molar-refractivity contribution is 5.81.